The zero-order chi connectivity index (χ0) is 14.3. The number of anilines is 2. The molecule has 1 saturated heterocycles. The fraction of sp³-hybridized carbons (Fsp3) is 0.500. The summed E-state index contributed by atoms with van der Waals surface area (Å²) in [5.41, 5.74) is 7.71. The fourth-order valence-electron chi connectivity index (χ4n) is 2.00. The van der Waals surface area contributed by atoms with Gasteiger partial charge >= 0.3 is 5.97 Å². The molecule has 0 amide bonds. The SMILES string of the molecule is COC.COC(=O)c1cc(N2CCCC2)ccc1N. The largest absolute Gasteiger partial charge is 0.465 e. The highest BCUT2D eigenvalue weighted by atomic mass is 16.5. The van der Waals surface area contributed by atoms with Gasteiger partial charge in [0.15, 0.2) is 0 Å². The van der Waals surface area contributed by atoms with E-state index in [1.165, 1.54) is 20.0 Å². The van der Waals surface area contributed by atoms with Gasteiger partial charge in [-0.1, -0.05) is 0 Å². The first kappa shape index (κ1) is 15.3. The van der Waals surface area contributed by atoms with E-state index in [2.05, 4.69) is 9.64 Å². The van der Waals surface area contributed by atoms with Crippen LogP contribution in [0.1, 0.15) is 23.2 Å². The van der Waals surface area contributed by atoms with Gasteiger partial charge in [0.05, 0.1) is 12.7 Å². The highest BCUT2D eigenvalue weighted by Gasteiger charge is 2.16. The number of nitrogens with zero attached hydrogens (tertiary/aromatic N) is 1. The normalized spacial score (nSPS) is 13.7. The second kappa shape index (κ2) is 7.63. The van der Waals surface area contributed by atoms with E-state index >= 15 is 0 Å². The van der Waals surface area contributed by atoms with Crippen LogP contribution in [-0.2, 0) is 9.47 Å². The average molecular weight is 266 g/mol. The van der Waals surface area contributed by atoms with E-state index in [9.17, 15) is 4.79 Å². The fourth-order valence-corrected chi connectivity index (χ4v) is 2.00. The maximum atomic E-state index is 11.5. The van der Waals surface area contributed by atoms with Gasteiger partial charge < -0.3 is 20.1 Å². The zero-order valence-corrected chi connectivity index (χ0v) is 11.8. The first-order chi connectivity index (χ1) is 9.13. The van der Waals surface area contributed by atoms with Crippen molar-refractivity contribution in [2.45, 2.75) is 12.8 Å². The van der Waals surface area contributed by atoms with Gasteiger partial charge in [-0.3, -0.25) is 0 Å². The van der Waals surface area contributed by atoms with Crippen LogP contribution in [0.3, 0.4) is 0 Å². The Morgan fingerprint density at radius 3 is 2.32 bits per heavy atom. The van der Waals surface area contributed by atoms with E-state index < -0.39 is 0 Å². The minimum absolute atomic E-state index is 0.376. The molecule has 1 aromatic rings. The lowest BCUT2D eigenvalue weighted by Crippen LogP contribution is -2.18. The molecule has 1 aromatic carbocycles. The molecule has 0 unspecified atom stereocenters. The van der Waals surface area contributed by atoms with E-state index in [-0.39, 0.29) is 5.97 Å². The van der Waals surface area contributed by atoms with Crippen molar-refractivity contribution in [3.63, 3.8) is 0 Å². The minimum Gasteiger partial charge on any atom is -0.465 e. The molecule has 2 N–H and O–H groups in total. The summed E-state index contributed by atoms with van der Waals surface area (Å²) in [4.78, 5) is 13.7. The van der Waals surface area contributed by atoms with Crippen LogP contribution in [0.4, 0.5) is 11.4 Å². The first-order valence-corrected chi connectivity index (χ1v) is 6.27. The van der Waals surface area contributed by atoms with Crippen molar-refractivity contribution in [3.8, 4) is 0 Å². The molecule has 0 bridgehead atoms. The van der Waals surface area contributed by atoms with Crippen LogP contribution in [0, 0.1) is 0 Å². The molecule has 1 fully saturated rings. The second-order valence-electron chi connectivity index (χ2n) is 4.37. The smallest absolute Gasteiger partial charge is 0.340 e. The van der Waals surface area contributed by atoms with Gasteiger partial charge in [0.1, 0.15) is 0 Å². The molecule has 0 spiro atoms. The van der Waals surface area contributed by atoms with Crippen molar-refractivity contribution in [2.75, 3.05) is 45.1 Å². The second-order valence-corrected chi connectivity index (χ2v) is 4.37. The molecule has 1 heterocycles. The van der Waals surface area contributed by atoms with Crippen LogP contribution in [0.25, 0.3) is 0 Å². The highest BCUT2D eigenvalue weighted by molar-refractivity contribution is 5.96. The molecule has 19 heavy (non-hydrogen) atoms. The Morgan fingerprint density at radius 1 is 1.21 bits per heavy atom. The number of carbonyl (C=O) groups is 1. The summed E-state index contributed by atoms with van der Waals surface area (Å²) in [6.07, 6.45) is 2.41. The maximum absolute atomic E-state index is 11.5. The van der Waals surface area contributed by atoms with Crippen LogP contribution in [0.5, 0.6) is 0 Å². The summed E-state index contributed by atoms with van der Waals surface area (Å²) in [5, 5.41) is 0. The van der Waals surface area contributed by atoms with Gasteiger partial charge in [-0.05, 0) is 31.0 Å². The average Bonchev–Trinajstić information content (AvgIpc) is 2.93. The molecule has 106 valence electrons. The van der Waals surface area contributed by atoms with E-state index in [1.54, 1.807) is 20.3 Å². The standard InChI is InChI=1S/C12H16N2O2.C2H6O/c1-16-12(15)10-8-9(4-5-11(10)13)14-6-2-3-7-14;1-3-2/h4-5,8H,2-3,6-7,13H2,1H3;1-2H3. The molecule has 5 nitrogen and oxygen atoms in total. The van der Waals surface area contributed by atoms with Crippen molar-refractivity contribution in [3.05, 3.63) is 23.8 Å². The predicted molar refractivity (Wildman–Crippen MR) is 76.6 cm³/mol. The van der Waals surface area contributed by atoms with Gasteiger partial charge in [-0.25, -0.2) is 4.79 Å². The summed E-state index contributed by atoms with van der Waals surface area (Å²) in [6, 6.07) is 5.53. The lowest BCUT2D eigenvalue weighted by molar-refractivity contribution is 0.0602. The van der Waals surface area contributed by atoms with Crippen LogP contribution >= 0.6 is 0 Å². The minimum atomic E-state index is -0.376. The lowest BCUT2D eigenvalue weighted by atomic mass is 10.1. The monoisotopic (exact) mass is 266 g/mol. The summed E-state index contributed by atoms with van der Waals surface area (Å²) < 4.78 is 8.95. The number of ether oxygens (including phenoxy) is 2. The van der Waals surface area contributed by atoms with Gasteiger partial charge in [-0.2, -0.15) is 0 Å². The van der Waals surface area contributed by atoms with Crippen LogP contribution in [-0.4, -0.2) is 40.4 Å². The Bertz CT molecular complexity index is 415. The summed E-state index contributed by atoms with van der Waals surface area (Å²) in [7, 11) is 4.62. The van der Waals surface area contributed by atoms with Crippen LogP contribution < -0.4 is 10.6 Å². The summed E-state index contributed by atoms with van der Waals surface area (Å²) in [6.45, 7) is 2.09. The molecule has 5 heteroatoms. The van der Waals surface area contributed by atoms with Gasteiger partial charge in [0, 0.05) is 38.7 Å². The van der Waals surface area contributed by atoms with Crippen molar-refractivity contribution in [1.29, 1.82) is 0 Å². The molecule has 0 saturated carbocycles. The molecule has 2 rings (SSSR count). The van der Waals surface area contributed by atoms with Gasteiger partial charge in [0.2, 0.25) is 0 Å². The maximum Gasteiger partial charge on any atom is 0.340 e. The molecule has 1 aliphatic rings. The highest BCUT2D eigenvalue weighted by Crippen LogP contribution is 2.24. The third-order valence-electron chi connectivity index (χ3n) is 2.91. The number of esters is 1. The lowest BCUT2D eigenvalue weighted by Gasteiger charge is -2.18. The molecule has 0 atom stereocenters. The first-order valence-electron chi connectivity index (χ1n) is 6.27. The molecular weight excluding hydrogens is 244 g/mol. The van der Waals surface area contributed by atoms with Crippen molar-refractivity contribution < 1.29 is 14.3 Å². The number of hydrogen-bond donors (Lipinski definition) is 1. The van der Waals surface area contributed by atoms with Crippen molar-refractivity contribution in [2.24, 2.45) is 0 Å². The van der Waals surface area contributed by atoms with E-state index in [0.717, 1.165) is 18.8 Å². The predicted octanol–water partition coefficient (Wildman–Crippen LogP) is 1.92. The van der Waals surface area contributed by atoms with E-state index in [0.29, 0.717) is 11.3 Å². The Kier molecular flexibility index (Phi) is 6.15. The zero-order valence-electron chi connectivity index (χ0n) is 11.8. The van der Waals surface area contributed by atoms with Crippen molar-refractivity contribution in [1.82, 2.24) is 0 Å². The molecule has 1 aliphatic heterocycles. The van der Waals surface area contributed by atoms with E-state index in [4.69, 9.17) is 10.5 Å². The van der Waals surface area contributed by atoms with Gasteiger partial charge in [-0.15, -0.1) is 0 Å². The Morgan fingerprint density at radius 2 is 1.79 bits per heavy atom. The number of nitrogens with two attached hydrogens (primary N) is 1. The van der Waals surface area contributed by atoms with E-state index in [1.807, 2.05) is 12.1 Å². The molecule has 0 radical (unpaired) electrons. The summed E-state index contributed by atoms with van der Waals surface area (Å²) >= 11 is 0. The van der Waals surface area contributed by atoms with Crippen molar-refractivity contribution >= 4 is 17.3 Å². The number of benzene rings is 1. The van der Waals surface area contributed by atoms with Crippen LogP contribution in [0.2, 0.25) is 0 Å². The Balaban J connectivity index is 0.000000550. The third kappa shape index (κ3) is 4.13. The third-order valence-corrected chi connectivity index (χ3v) is 2.91. The Labute approximate surface area is 114 Å². The molecule has 0 aliphatic carbocycles. The molecule has 0 aromatic heterocycles. The number of rotatable bonds is 2. The topological polar surface area (TPSA) is 64.8 Å². The van der Waals surface area contributed by atoms with Gasteiger partial charge in [0.25, 0.3) is 0 Å². The summed E-state index contributed by atoms with van der Waals surface area (Å²) in [5.74, 6) is -0.376. The number of carbonyl (C=O) groups excluding carboxylic acids is 1. The quantitative estimate of drug-likeness (QED) is 0.654. The Hall–Kier alpha value is -1.75. The van der Waals surface area contributed by atoms with Crippen LogP contribution in [0.15, 0.2) is 18.2 Å². The number of hydrogen-bond acceptors (Lipinski definition) is 5. The molecular formula is C14H22N2O3. The number of methoxy groups -OCH3 is 2. The number of nitrogen functional groups attached to an aromatic ring is 1.